The number of nitrogens with zero attached hydrogens (tertiary/aromatic N) is 1. The van der Waals surface area contributed by atoms with Crippen molar-refractivity contribution < 1.29 is 19.4 Å². The Labute approximate surface area is 202 Å². The van der Waals surface area contributed by atoms with Gasteiger partial charge in [-0.3, -0.25) is 9.59 Å². The molecule has 1 saturated heterocycles. The lowest BCUT2D eigenvalue weighted by Crippen LogP contribution is -2.42. The van der Waals surface area contributed by atoms with Gasteiger partial charge in [0.2, 0.25) is 5.91 Å². The van der Waals surface area contributed by atoms with Crippen LogP contribution in [-0.4, -0.2) is 53.7 Å². The molecule has 1 amide bonds. The largest absolute Gasteiger partial charge is 0.462 e. The molecule has 2 aromatic rings. The number of aliphatic hydroxyl groups is 1. The summed E-state index contributed by atoms with van der Waals surface area (Å²) in [6.45, 7) is 6.66. The summed E-state index contributed by atoms with van der Waals surface area (Å²) in [6, 6.07) is 17.7. The van der Waals surface area contributed by atoms with Gasteiger partial charge < -0.3 is 25.4 Å². The minimum atomic E-state index is -0.830. The number of nitrogens with one attached hydrogen (secondary N) is 2. The minimum Gasteiger partial charge on any atom is -0.462 e. The highest BCUT2D eigenvalue weighted by Gasteiger charge is 2.36. The van der Waals surface area contributed by atoms with Crippen LogP contribution in [0.5, 0.6) is 0 Å². The van der Waals surface area contributed by atoms with E-state index in [0.29, 0.717) is 12.8 Å². The number of rotatable bonds is 12. The molecule has 2 unspecified atom stereocenters. The van der Waals surface area contributed by atoms with Gasteiger partial charge in [-0.25, -0.2) is 0 Å². The molecular weight excluding hydrogens is 430 g/mol. The molecule has 0 spiro atoms. The Balaban J connectivity index is 1.41. The van der Waals surface area contributed by atoms with Crippen LogP contribution in [0.15, 0.2) is 54.6 Å². The smallest absolute Gasteiger partial charge is 0.311 e. The third-order valence-electron chi connectivity index (χ3n) is 6.22. The standard InChI is InChI=1S/C27H37N3O4/c1-4-23(30-16-8-11-25(30)32)17-27(2,3)26(33)34-19-24(31)18-28-20-12-14-22(15-13-20)29-21-9-6-5-7-10-21/h5-7,9-10,12-15,23-24,28-29,31H,4,8,11,16-19H2,1-3H3. The van der Waals surface area contributed by atoms with Crippen molar-refractivity contribution in [2.45, 2.75) is 58.6 Å². The Kier molecular flexibility index (Phi) is 8.93. The normalized spacial score (nSPS) is 15.6. The van der Waals surface area contributed by atoms with E-state index in [1.54, 1.807) is 0 Å². The molecule has 3 N–H and O–H groups in total. The molecule has 2 aromatic carbocycles. The number of ether oxygens (including phenoxy) is 1. The van der Waals surface area contributed by atoms with Crippen molar-refractivity contribution in [1.29, 1.82) is 0 Å². The SMILES string of the molecule is CCC(CC(C)(C)C(=O)OCC(O)CNc1ccc(Nc2ccccc2)cc1)N1CCCC1=O. The van der Waals surface area contributed by atoms with Crippen molar-refractivity contribution in [3.8, 4) is 0 Å². The van der Waals surface area contributed by atoms with Crippen molar-refractivity contribution in [1.82, 2.24) is 4.90 Å². The van der Waals surface area contributed by atoms with E-state index < -0.39 is 11.5 Å². The highest BCUT2D eigenvalue weighted by molar-refractivity contribution is 5.79. The van der Waals surface area contributed by atoms with Crippen LogP contribution in [0.3, 0.4) is 0 Å². The third kappa shape index (κ3) is 7.22. The molecule has 34 heavy (non-hydrogen) atoms. The van der Waals surface area contributed by atoms with Gasteiger partial charge in [0.25, 0.3) is 0 Å². The number of para-hydroxylation sites is 1. The second-order valence-corrected chi connectivity index (χ2v) is 9.54. The van der Waals surface area contributed by atoms with Crippen molar-refractivity contribution in [3.05, 3.63) is 54.6 Å². The van der Waals surface area contributed by atoms with Crippen LogP contribution >= 0.6 is 0 Å². The first kappa shape index (κ1) is 25.6. The van der Waals surface area contributed by atoms with E-state index in [4.69, 9.17) is 4.74 Å². The van der Waals surface area contributed by atoms with Gasteiger partial charge in [-0.2, -0.15) is 0 Å². The number of hydrogen-bond donors (Lipinski definition) is 3. The summed E-state index contributed by atoms with van der Waals surface area (Å²) in [5.41, 5.74) is 2.11. The fraction of sp³-hybridized carbons (Fsp3) is 0.481. The van der Waals surface area contributed by atoms with Crippen LogP contribution in [0.2, 0.25) is 0 Å². The molecule has 0 saturated carbocycles. The fourth-order valence-electron chi connectivity index (χ4n) is 4.22. The summed E-state index contributed by atoms with van der Waals surface area (Å²) >= 11 is 0. The Morgan fingerprint density at radius 3 is 2.35 bits per heavy atom. The maximum Gasteiger partial charge on any atom is 0.311 e. The summed E-state index contributed by atoms with van der Waals surface area (Å²) in [5, 5.41) is 16.8. The van der Waals surface area contributed by atoms with E-state index in [0.717, 1.165) is 36.4 Å². The fourth-order valence-corrected chi connectivity index (χ4v) is 4.22. The van der Waals surface area contributed by atoms with Gasteiger partial charge in [0, 0.05) is 42.6 Å². The quantitative estimate of drug-likeness (QED) is 0.396. The number of carbonyl (C=O) groups is 2. The van der Waals surface area contributed by atoms with Crippen LogP contribution in [-0.2, 0) is 14.3 Å². The molecule has 7 heteroatoms. The van der Waals surface area contributed by atoms with E-state index in [2.05, 4.69) is 10.6 Å². The minimum absolute atomic E-state index is 0.0310. The molecule has 3 rings (SSSR count). The number of esters is 1. The lowest BCUT2D eigenvalue weighted by Gasteiger charge is -2.33. The van der Waals surface area contributed by atoms with Crippen LogP contribution in [0.4, 0.5) is 17.1 Å². The number of hydrogen-bond acceptors (Lipinski definition) is 6. The van der Waals surface area contributed by atoms with E-state index in [1.165, 1.54) is 0 Å². The van der Waals surface area contributed by atoms with Gasteiger partial charge in [0.1, 0.15) is 12.7 Å². The van der Waals surface area contributed by atoms with Gasteiger partial charge in [-0.05, 0) is 69.5 Å². The van der Waals surface area contributed by atoms with E-state index in [9.17, 15) is 14.7 Å². The molecule has 0 bridgehead atoms. The lowest BCUT2D eigenvalue weighted by molar-refractivity contribution is -0.158. The highest BCUT2D eigenvalue weighted by Crippen LogP contribution is 2.30. The molecular formula is C27H37N3O4. The second-order valence-electron chi connectivity index (χ2n) is 9.54. The highest BCUT2D eigenvalue weighted by atomic mass is 16.5. The summed E-state index contributed by atoms with van der Waals surface area (Å²) < 4.78 is 5.44. The maximum absolute atomic E-state index is 12.7. The lowest BCUT2D eigenvalue weighted by atomic mass is 9.84. The van der Waals surface area contributed by atoms with Gasteiger partial charge in [-0.15, -0.1) is 0 Å². The van der Waals surface area contributed by atoms with E-state index >= 15 is 0 Å². The molecule has 184 valence electrons. The first-order chi connectivity index (χ1) is 16.3. The topological polar surface area (TPSA) is 90.9 Å². The van der Waals surface area contributed by atoms with E-state index in [-0.39, 0.29) is 31.1 Å². The zero-order valence-corrected chi connectivity index (χ0v) is 20.4. The van der Waals surface area contributed by atoms with Crippen molar-refractivity contribution in [2.24, 2.45) is 5.41 Å². The van der Waals surface area contributed by atoms with Crippen LogP contribution in [0, 0.1) is 5.41 Å². The maximum atomic E-state index is 12.7. The van der Waals surface area contributed by atoms with Gasteiger partial charge in [0.05, 0.1) is 5.41 Å². The summed E-state index contributed by atoms with van der Waals surface area (Å²) in [5.74, 6) is -0.186. The third-order valence-corrected chi connectivity index (χ3v) is 6.22. The van der Waals surface area contributed by atoms with Gasteiger partial charge in [0.15, 0.2) is 0 Å². The molecule has 7 nitrogen and oxygen atoms in total. The van der Waals surface area contributed by atoms with Crippen LogP contribution < -0.4 is 10.6 Å². The van der Waals surface area contributed by atoms with Crippen molar-refractivity contribution in [3.63, 3.8) is 0 Å². The first-order valence-corrected chi connectivity index (χ1v) is 12.1. The van der Waals surface area contributed by atoms with Gasteiger partial charge in [-0.1, -0.05) is 25.1 Å². The Bertz CT molecular complexity index is 931. The predicted octanol–water partition coefficient (Wildman–Crippen LogP) is 4.56. The average molecular weight is 468 g/mol. The number of benzene rings is 2. The first-order valence-electron chi connectivity index (χ1n) is 12.1. The van der Waals surface area contributed by atoms with Crippen molar-refractivity contribution in [2.75, 3.05) is 30.3 Å². The Hall–Kier alpha value is -3.06. The molecule has 1 heterocycles. The summed E-state index contributed by atoms with van der Waals surface area (Å²) in [6.07, 6.45) is 1.99. The molecule has 0 aliphatic carbocycles. The number of likely N-dealkylation sites (tertiary alicyclic amines) is 1. The Morgan fingerprint density at radius 1 is 1.09 bits per heavy atom. The zero-order valence-electron chi connectivity index (χ0n) is 20.4. The van der Waals surface area contributed by atoms with Gasteiger partial charge >= 0.3 is 5.97 Å². The number of anilines is 3. The number of amides is 1. The monoisotopic (exact) mass is 467 g/mol. The summed E-state index contributed by atoms with van der Waals surface area (Å²) in [4.78, 5) is 26.7. The van der Waals surface area contributed by atoms with Crippen LogP contribution in [0.25, 0.3) is 0 Å². The molecule has 0 aromatic heterocycles. The second kappa shape index (κ2) is 11.9. The predicted molar refractivity (Wildman–Crippen MR) is 135 cm³/mol. The number of carbonyl (C=O) groups excluding carboxylic acids is 2. The average Bonchev–Trinajstić information content (AvgIpc) is 3.26. The van der Waals surface area contributed by atoms with E-state index in [1.807, 2.05) is 80.3 Å². The molecule has 1 aliphatic rings. The molecule has 2 atom stereocenters. The molecule has 0 radical (unpaired) electrons. The molecule has 1 aliphatic heterocycles. The Morgan fingerprint density at radius 2 is 1.74 bits per heavy atom. The summed E-state index contributed by atoms with van der Waals surface area (Å²) in [7, 11) is 0. The zero-order chi connectivity index (χ0) is 24.6. The molecule has 1 fully saturated rings. The van der Waals surface area contributed by atoms with Crippen molar-refractivity contribution >= 4 is 28.9 Å². The number of aliphatic hydroxyl groups excluding tert-OH is 1. The van der Waals surface area contributed by atoms with Crippen LogP contribution in [0.1, 0.15) is 46.5 Å².